The van der Waals surface area contributed by atoms with Crippen molar-refractivity contribution in [1.29, 1.82) is 0 Å². The average molecular weight is 492 g/mol. The molecule has 3 aliphatic rings. The monoisotopic (exact) mass is 491 g/mol. The van der Waals surface area contributed by atoms with Crippen molar-refractivity contribution >= 4 is 35.0 Å². The van der Waals surface area contributed by atoms with Crippen molar-refractivity contribution in [2.45, 2.75) is 64.2 Å². The number of amides is 3. The second kappa shape index (κ2) is 9.13. The van der Waals surface area contributed by atoms with Crippen molar-refractivity contribution in [2.24, 2.45) is 17.8 Å². The van der Waals surface area contributed by atoms with Crippen molar-refractivity contribution in [3.05, 3.63) is 28.8 Å². The van der Waals surface area contributed by atoms with Gasteiger partial charge in [-0.05, 0) is 50.7 Å². The van der Waals surface area contributed by atoms with E-state index in [2.05, 4.69) is 10.6 Å². The number of likely N-dealkylation sites (tertiary alicyclic amines) is 1. The maximum atomic E-state index is 13.8. The number of anilines is 1. The number of fused-ring (bicyclic) bond motifs is 1. The molecule has 8 nitrogen and oxygen atoms in total. The number of nitrogens with one attached hydrogen (secondary N) is 2. The number of hydrogen-bond donors (Lipinski definition) is 3. The van der Waals surface area contributed by atoms with Gasteiger partial charge in [-0.1, -0.05) is 37.6 Å². The van der Waals surface area contributed by atoms with Crippen molar-refractivity contribution in [2.75, 3.05) is 25.0 Å². The van der Waals surface area contributed by atoms with Gasteiger partial charge in [-0.3, -0.25) is 14.4 Å². The predicted octanol–water partition coefficient (Wildman–Crippen LogP) is 2.51. The van der Waals surface area contributed by atoms with Crippen molar-refractivity contribution in [3.63, 3.8) is 0 Å². The average Bonchev–Trinajstić information content (AvgIpc) is 3.30. The number of hydrogen-bond acceptors (Lipinski definition) is 5. The minimum atomic E-state index is -1.12. The van der Waals surface area contributed by atoms with Gasteiger partial charge in [0.2, 0.25) is 17.7 Å². The number of rotatable bonds is 8. The van der Waals surface area contributed by atoms with Crippen molar-refractivity contribution in [3.8, 4) is 0 Å². The molecule has 9 heteroatoms. The molecule has 1 aromatic carbocycles. The summed E-state index contributed by atoms with van der Waals surface area (Å²) in [6, 6.07) is 4.42. The third kappa shape index (κ3) is 3.62. The van der Waals surface area contributed by atoms with Crippen LogP contribution >= 0.6 is 11.6 Å². The first-order chi connectivity index (χ1) is 16.1. The number of aryl methyl sites for hydroxylation is 1. The molecule has 1 aromatic rings. The van der Waals surface area contributed by atoms with Gasteiger partial charge in [-0.15, -0.1) is 0 Å². The number of aliphatic hydroxyl groups is 1. The lowest BCUT2D eigenvalue weighted by atomic mass is 9.62. The topological polar surface area (TPSA) is 108 Å². The van der Waals surface area contributed by atoms with Gasteiger partial charge in [-0.2, -0.15) is 0 Å². The lowest BCUT2D eigenvalue weighted by Gasteiger charge is -2.36. The summed E-state index contributed by atoms with van der Waals surface area (Å²) in [6.45, 7) is 8.31. The van der Waals surface area contributed by atoms with Gasteiger partial charge in [0.15, 0.2) is 0 Å². The summed E-state index contributed by atoms with van der Waals surface area (Å²) < 4.78 is 6.63. The number of halogens is 1. The Balaban J connectivity index is 1.75. The first-order valence-electron chi connectivity index (χ1n) is 12.1. The maximum absolute atomic E-state index is 13.8. The molecular weight excluding hydrogens is 458 g/mol. The number of benzene rings is 1. The molecule has 4 rings (SSSR count). The SMILES string of the molecule is CCCNC(=O)[C@@H]1[C@H]2C(=O)N(CCCO)C(C(=O)Nc3c(C)cccc3Cl)C23CC(C)[C@@]1(C)O3. The molecule has 0 saturated carbocycles. The molecular formula is C25H34ClN3O5. The van der Waals surface area contributed by atoms with Crippen LogP contribution in [0.1, 0.15) is 45.6 Å². The quantitative estimate of drug-likeness (QED) is 0.518. The van der Waals surface area contributed by atoms with Crippen LogP contribution in [-0.4, -0.2) is 64.7 Å². The highest BCUT2D eigenvalue weighted by molar-refractivity contribution is 6.34. The Bertz CT molecular complexity index is 983. The second-order valence-electron chi connectivity index (χ2n) is 10.0. The van der Waals surface area contributed by atoms with E-state index in [4.69, 9.17) is 16.3 Å². The van der Waals surface area contributed by atoms with Gasteiger partial charge in [0, 0.05) is 19.7 Å². The lowest BCUT2D eigenvalue weighted by molar-refractivity contribution is -0.146. The van der Waals surface area contributed by atoms with E-state index in [0.717, 1.165) is 12.0 Å². The fourth-order valence-corrected chi connectivity index (χ4v) is 6.53. The molecule has 3 amide bonds. The molecule has 0 radical (unpaired) electrons. The molecule has 1 spiro atoms. The number of aliphatic hydroxyl groups excluding tert-OH is 1. The Morgan fingerprint density at radius 1 is 1.32 bits per heavy atom. The molecule has 3 heterocycles. The molecule has 3 N–H and O–H groups in total. The second-order valence-corrected chi connectivity index (χ2v) is 10.4. The first-order valence-corrected chi connectivity index (χ1v) is 12.4. The first kappa shape index (κ1) is 24.9. The highest BCUT2D eigenvalue weighted by Gasteiger charge is 2.79. The van der Waals surface area contributed by atoms with Crippen LogP contribution in [0.4, 0.5) is 5.69 Å². The van der Waals surface area contributed by atoms with E-state index < -0.39 is 35.0 Å². The van der Waals surface area contributed by atoms with E-state index in [-0.39, 0.29) is 30.9 Å². The van der Waals surface area contributed by atoms with Gasteiger partial charge < -0.3 is 25.4 Å². The Kier molecular flexibility index (Phi) is 6.70. The molecule has 3 aliphatic heterocycles. The molecule has 186 valence electrons. The summed E-state index contributed by atoms with van der Waals surface area (Å²) in [4.78, 5) is 42.4. The smallest absolute Gasteiger partial charge is 0.250 e. The van der Waals surface area contributed by atoms with Crippen LogP contribution in [0.5, 0.6) is 0 Å². The molecule has 0 aliphatic carbocycles. The fourth-order valence-electron chi connectivity index (χ4n) is 6.26. The van der Waals surface area contributed by atoms with Gasteiger partial charge >= 0.3 is 0 Å². The van der Waals surface area contributed by atoms with Crippen LogP contribution in [0.3, 0.4) is 0 Å². The zero-order valence-electron chi connectivity index (χ0n) is 20.2. The third-order valence-electron chi connectivity index (χ3n) is 7.92. The normalized spacial score (nSPS) is 33.8. The van der Waals surface area contributed by atoms with E-state index in [9.17, 15) is 19.5 Å². The van der Waals surface area contributed by atoms with Crippen molar-refractivity contribution in [1.82, 2.24) is 10.2 Å². The maximum Gasteiger partial charge on any atom is 0.250 e. The van der Waals surface area contributed by atoms with Gasteiger partial charge in [0.05, 0.1) is 28.1 Å². The zero-order valence-corrected chi connectivity index (χ0v) is 20.9. The molecule has 3 fully saturated rings. The molecule has 3 unspecified atom stereocenters. The minimum Gasteiger partial charge on any atom is -0.396 e. The number of carbonyl (C=O) groups is 3. The van der Waals surface area contributed by atoms with Crippen molar-refractivity contribution < 1.29 is 24.2 Å². The summed E-state index contributed by atoms with van der Waals surface area (Å²) >= 11 is 6.36. The summed E-state index contributed by atoms with van der Waals surface area (Å²) in [7, 11) is 0. The summed E-state index contributed by atoms with van der Waals surface area (Å²) in [5, 5.41) is 15.7. The molecule has 2 bridgehead atoms. The van der Waals surface area contributed by atoms with Gasteiger partial charge in [-0.25, -0.2) is 0 Å². The molecule has 6 atom stereocenters. The Morgan fingerprint density at radius 3 is 2.71 bits per heavy atom. The predicted molar refractivity (Wildman–Crippen MR) is 128 cm³/mol. The van der Waals surface area contributed by atoms with Crippen LogP contribution in [0.15, 0.2) is 18.2 Å². The highest BCUT2D eigenvalue weighted by atomic mass is 35.5. The Labute approximate surface area is 205 Å². The van der Waals surface area contributed by atoms with Crippen LogP contribution in [0.25, 0.3) is 0 Å². The minimum absolute atomic E-state index is 0.0240. The Morgan fingerprint density at radius 2 is 2.06 bits per heavy atom. The standard InChI is InChI=1S/C25H34ClN3O5/c1-5-10-27-21(31)17-18-23(33)29(11-7-12-30)20(25(18)13-15(3)24(17,4)34-25)22(32)28-19-14(2)8-6-9-16(19)26/h6,8-9,15,17-18,20,30H,5,7,10-13H2,1-4H3,(H,27,31)(H,28,32)/t15?,17-,18-,20?,24+,25?/m0/s1. The van der Waals surface area contributed by atoms with Crippen LogP contribution < -0.4 is 10.6 Å². The molecule has 34 heavy (non-hydrogen) atoms. The number of nitrogens with zero attached hydrogens (tertiary/aromatic N) is 1. The van der Waals surface area contributed by atoms with Crippen LogP contribution in [0.2, 0.25) is 5.02 Å². The van der Waals surface area contributed by atoms with E-state index in [1.807, 2.05) is 33.8 Å². The van der Waals surface area contributed by atoms with E-state index in [1.165, 1.54) is 4.90 Å². The highest BCUT2D eigenvalue weighted by Crippen LogP contribution is 2.65. The zero-order chi connectivity index (χ0) is 24.8. The number of carbonyl (C=O) groups excluding carboxylic acids is 3. The fraction of sp³-hybridized carbons (Fsp3) is 0.640. The van der Waals surface area contributed by atoms with E-state index in [1.54, 1.807) is 12.1 Å². The van der Waals surface area contributed by atoms with E-state index in [0.29, 0.717) is 30.1 Å². The summed E-state index contributed by atoms with van der Waals surface area (Å²) in [6.07, 6.45) is 1.59. The van der Waals surface area contributed by atoms with Crippen LogP contribution in [-0.2, 0) is 19.1 Å². The van der Waals surface area contributed by atoms with Gasteiger partial charge in [0.25, 0.3) is 0 Å². The number of ether oxygens (including phenoxy) is 1. The summed E-state index contributed by atoms with van der Waals surface area (Å²) in [5.41, 5.74) is -0.670. The molecule has 0 aromatic heterocycles. The van der Waals surface area contributed by atoms with Gasteiger partial charge in [0.1, 0.15) is 11.6 Å². The van der Waals surface area contributed by atoms with E-state index >= 15 is 0 Å². The largest absolute Gasteiger partial charge is 0.396 e. The number of para-hydroxylation sites is 1. The lowest BCUT2D eigenvalue weighted by Crippen LogP contribution is -2.54. The van der Waals surface area contributed by atoms with Crippen LogP contribution in [0, 0.1) is 24.7 Å². The molecule has 3 saturated heterocycles. The third-order valence-corrected chi connectivity index (χ3v) is 8.24. The summed E-state index contributed by atoms with van der Waals surface area (Å²) in [5.74, 6) is -2.34. The Hall–Kier alpha value is -2.16.